The quantitative estimate of drug-likeness (QED) is 0.715. The predicted molar refractivity (Wildman–Crippen MR) is 86.0 cm³/mol. The third kappa shape index (κ3) is 3.00. The summed E-state index contributed by atoms with van der Waals surface area (Å²) < 4.78 is 6.81. The van der Waals surface area contributed by atoms with Crippen molar-refractivity contribution in [3.8, 4) is 0 Å². The third-order valence-electron chi connectivity index (χ3n) is 3.87. The van der Waals surface area contributed by atoms with E-state index in [-0.39, 0.29) is 5.91 Å². The fourth-order valence-electron chi connectivity index (χ4n) is 2.63. The molecule has 0 aliphatic carbocycles. The van der Waals surface area contributed by atoms with Gasteiger partial charge in [-0.1, -0.05) is 12.1 Å². The van der Waals surface area contributed by atoms with Gasteiger partial charge in [0.05, 0.1) is 12.1 Å². The number of amides is 1. The molecule has 0 radical (unpaired) electrons. The molecule has 1 aromatic carbocycles. The summed E-state index contributed by atoms with van der Waals surface area (Å²) >= 11 is 0. The summed E-state index contributed by atoms with van der Waals surface area (Å²) in [4.78, 5) is 13.6. The van der Waals surface area contributed by atoms with Crippen molar-refractivity contribution >= 4 is 22.5 Å². The summed E-state index contributed by atoms with van der Waals surface area (Å²) in [6.07, 6.45) is 0. The highest BCUT2D eigenvalue weighted by Crippen LogP contribution is 2.21. The molecule has 0 saturated heterocycles. The Kier molecular flexibility index (Phi) is 4.20. The van der Waals surface area contributed by atoms with Gasteiger partial charge in [-0.2, -0.15) is 4.52 Å². The lowest BCUT2D eigenvalue weighted by molar-refractivity contribution is -0.130. The smallest absolute Gasteiger partial charge is 0.219 e. The highest BCUT2D eigenvalue weighted by molar-refractivity contribution is 5.84. The molecule has 0 N–H and O–H groups in total. The molecule has 7 nitrogen and oxygen atoms in total. The van der Waals surface area contributed by atoms with Crippen molar-refractivity contribution in [2.75, 3.05) is 20.3 Å². The van der Waals surface area contributed by atoms with Gasteiger partial charge in [0.15, 0.2) is 5.65 Å². The number of hydrogen-bond donors (Lipinski definition) is 0. The van der Waals surface area contributed by atoms with Crippen LogP contribution >= 0.6 is 0 Å². The van der Waals surface area contributed by atoms with Crippen LogP contribution in [-0.4, -0.2) is 51.1 Å². The first kappa shape index (κ1) is 15.4. The van der Waals surface area contributed by atoms with Gasteiger partial charge in [0.25, 0.3) is 0 Å². The summed E-state index contributed by atoms with van der Waals surface area (Å²) in [6.45, 7) is 5.07. The fourth-order valence-corrected chi connectivity index (χ4v) is 2.63. The molecule has 0 aliphatic heterocycles. The zero-order valence-corrected chi connectivity index (χ0v) is 13.5. The Labute approximate surface area is 133 Å². The molecular weight excluding hydrogens is 294 g/mol. The van der Waals surface area contributed by atoms with Gasteiger partial charge in [-0.25, -0.2) is 0 Å². The molecule has 7 heteroatoms. The van der Waals surface area contributed by atoms with Gasteiger partial charge in [-0.15, -0.1) is 5.10 Å². The van der Waals surface area contributed by atoms with Crippen LogP contribution in [-0.2, 0) is 16.1 Å². The minimum absolute atomic E-state index is 0.00308. The lowest BCUT2D eigenvalue weighted by atomic mass is 10.1. The molecule has 0 spiro atoms. The number of aryl methyl sites for hydroxylation is 1. The predicted octanol–water partition coefficient (Wildman–Crippen LogP) is 1.58. The zero-order chi connectivity index (χ0) is 16.4. The number of fused-ring (bicyclic) bond motifs is 3. The van der Waals surface area contributed by atoms with Crippen LogP contribution in [0.4, 0.5) is 0 Å². The highest BCUT2D eigenvalue weighted by Gasteiger charge is 2.15. The maximum absolute atomic E-state index is 11.8. The number of aromatic nitrogens is 4. The van der Waals surface area contributed by atoms with Crippen LogP contribution < -0.4 is 0 Å². The van der Waals surface area contributed by atoms with Crippen molar-refractivity contribution in [2.45, 2.75) is 20.4 Å². The molecule has 0 bridgehead atoms. The first-order chi connectivity index (χ1) is 11.1. The monoisotopic (exact) mass is 313 g/mol. The molecule has 0 fully saturated rings. The number of nitrogens with zero attached hydrogens (tertiary/aromatic N) is 5. The van der Waals surface area contributed by atoms with Crippen molar-refractivity contribution < 1.29 is 9.53 Å². The molecule has 3 rings (SSSR count). The second kappa shape index (κ2) is 6.29. The first-order valence-electron chi connectivity index (χ1n) is 7.45. The lowest BCUT2D eigenvalue weighted by Crippen LogP contribution is -2.31. The normalized spacial score (nSPS) is 11.3. The van der Waals surface area contributed by atoms with Gasteiger partial charge in [0, 0.05) is 38.1 Å². The SMILES string of the molecule is COCCN(Cc1cc2ccc(C)cc2n2nnnc12)C(C)=O. The van der Waals surface area contributed by atoms with Gasteiger partial charge in [0.1, 0.15) is 0 Å². The third-order valence-corrected chi connectivity index (χ3v) is 3.87. The number of carbonyl (C=O) groups is 1. The minimum atomic E-state index is -0.00308. The van der Waals surface area contributed by atoms with E-state index in [1.807, 2.05) is 19.1 Å². The van der Waals surface area contributed by atoms with E-state index in [4.69, 9.17) is 4.74 Å². The Morgan fingerprint density at radius 1 is 1.35 bits per heavy atom. The molecule has 2 heterocycles. The highest BCUT2D eigenvalue weighted by atomic mass is 16.5. The van der Waals surface area contributed by atoms with Crippen molar-refractivity contribution in [3.63, 3.8) is 0 Å². The van der Waals surface area contributed by atoms with E-state index in [2.05, 4.69) is 27.7 Å². The summed E-state index contributed by atoms with van der Waals surface area (Å²) in [5, 5.41) is 13.0. The Balaban J connectivity index is 2.07. The largest absolute Gasteiger partial charge is 0.383 e. The summed E-state index contributed by atoms with van der Waals surface area (Å²) in [5.41, 5.74) is 3.69. The maximum Gasteiger partial charge on any atom is 0.219 e. The second-order valence-corrected chi connectivity index (χ2v) is 5.58. The van der Waals surface area contributed by atoms with Crippen molar-refractivity contribution in [1.29, 1.82) is 0 Å². The molecule has 23 heavy (non-hydrogen) atoms. The topological polar surface area (TPSA) is 72.6 Å². The van der Waals surface area contributed by atoms with E-state index < -0.39 is 0 Å². The molecule has 120 valence electrons. The Hall–Kier alpha value is -2.54. The van der Waals surface area contributed by atoms with E-state index in [9.17, 15) is 4.79 Å². The van der Waals surface area contributed by atoms with Crippen molar-refractivity contribution in [1.82, 2.24) is 24.9 Å². The second-order valence-electron chi connectivity index (χ2n) is 5.58. The molecule has 0 saturated carbocycles. The Morgan fingerprint density at radius 3 is 2.91 bits per heavy atom. The zero-order valence-electron chi connectivity index (χ0n) is 13.5. The van der Waals surface area contributed by atoms with Crippen molar-refractivity contribution in [2.24, 2.45) is 0 Å². The Bertz CT molecular complexity index is 858. The first-order valence-corrected chi connectivity index (χ1v) is 7.45. The number of ether oxygens (including phenoxy) is 1. The van der Waals surface area contributed by atoms with Crippen LogP contribution in [0.2, 0.25) is 0 Å². The van der Waals surface area contributed by atoms with Crippen molar-refractivity contribution in [3.05, 3.63) is 35.4 Å². The average molecular weight is 313 g/mol. The van der Waals surface area contributed by atoms with E-state index in [1.165, 1.54) is 0 Å². The molecule has 2 aromatic heterocycles. The number of tetrazole rings is 1. The van der Waals surface area contributed by atoms with Gasteiger partial charge >= 0.3 is 0 Å². The summed E-state index contributed by atoms with van der Waals surface area (Å²) in [6, 6.07) is 8.19. The molecule has 1 amide bonds. The summed E-state index contributed by atoms with van der Waals surface area (Å²) in [7, 11) is 1.62. The average Bonchev–Trinajstić information content (AvgIpc) is 3.01. The van der Waals surface area contributed by atoms with Crippen LogP contribution in [0.5, 0.6) is 0 Å². The molecule has 3 aromatic rings. The van der Waals surface area contributed by atoms with Crippen LogP contribution in [0.1, 0.15) is 18.1 Å². The van der Waals surface area contributed by atoms with Gasteiger partial charge < -0.3 is 9.64 Å². The van der Waals surface area contributed by atoms with E-state index >= 15 is 0 Å². The molecule has 0 atom stereocenters. The van der Waals surface area contributed by atoms with Gasteiger partial charge in [0.2, 0.25) is 5.91 Å². The number of carbonyl (C=O) groups excluding carboxylic acids is 1. The van der Waals surface area contributed by atoms with Crippen LogP contribution in [0.15, 0.2) is 24.3 Å². The van der Waals surface area contributed by atoms with E-state index in [1.54, 1.807) is 23.4 Å². The number of pyridine rings is 1. The van der Waals surface area contributed by atoms with E-state index in [0.717, 1.165) is 22.0 Å². The number of hydrogen-bond acceptors (Lipinski definition) is 5. The molecule has 0 aliphatic rings. The van der Waals surface area contributed by atoms with Crippen LogP contribution in [0, 0.1) is 6.92 Å². The fraction of sp³-hybridized carbons (Fsp3) is 0.375. The van der Waals surface area contributed by atoms with Gasteiger partial charge in [-0.05, 0) is 35.0 Å². The molecular formula is C16H19N5O2. The van der Waals surface area contributed by atoms with Crippen LogP contribution in [0.25, 0.3) is 16.6 Å². The summed E-state index contributed by atoms with van der Waals surface area (Å²) in [5.74, 6) is -0.00308. The maximum atomic E-state index is 11.8. The van der Waals surface area contributed by atoms with E-state index in [0.29, 0.717) is 25.3 Å². The number of benzene rings is 1. The number of rotatable bonds is 5. The standard InChI is InChI=1S/C16H19N5O2/c1-11-4-5-13-9-14(10-20(12(2)22)6-7-23-3)16-17-18-19-21(16)15(13)8-11/h4-5,8-9H,6-7,10H2,1-3H3. The number of methoxy groups -OCH3 is 1. The Morgan fingerprint density at radius 2 is 2.17 bits per heavy atom. The minimum Gasteiger partial charge on any atom is -0.383 e. The lowest BCUT2D eigenvalue weighted by Gasteiger charge is -2.21. The van der Waals surface area contributed by atoms with Crippen LogP contribution in [0.3, 0.4) is 0 Å². The van der Waals surface area contributed by atoms with Gasteiger partial charge in [-0.3, -0.25) is 4.79 Å². The molecule has 0 unspecified atom stereocenters.